The standard InChI is InChI=1S/C21H24ClN5O/c1-14-19(15(2)25(3)24-14)17-10-7-11-26(17)18-12-23-27(21(28)20(18)22)13-16-8-5-4-6-9-16/h4-6,8-9,12,17H,7,10-11,13H2,1-3H3. The summed E-state index contributed by atoms with van der Waals surface area (Å²) in [6.45, 7) is 5.38. The van der Waals surface area contributed by atoms with Gasteiger partial charge in [0.15, 0.2) is 0 Å². The number of rotatable bonds is 4. The lowest BCUT2D eigenvalue weighted by atomic mass is 10.0. The number of aryl methyl sites for hydroxylation is 2. The summed E-state index contributed by atoms with van der Waals surface area (Å²) in [4.78, 5) is 15.1. The average Bonchev–Trinajstić information content (AvgIpc) is 3.24. The maximum atomic E-state index is 12.9. The van der Waals surface area contributed by atoms with Crippen molar-refractivity contribution in [1.82, 2.24) is 19.6 Å². The Hall–Kier alpha value is -2.60. The first-order chi connectivity index (χ1) is 13.5. The fourth-order valence-electron chi connectivity index (χ4n) is 4.15. The van der Waals surface area contributed by atoms with E-state index in [0.717, 1.165) is 36.3 Å². The zero-order chi connectivity index (χ0) is 19.8. The van der Waals surface area contributed by atoms with Gasteiger partial charge in [0.25, 0.3) is 5.56 Å². The molecule has 0 bridgehead atoms. The molecule has 3 heterocycles. The second kappa shape index (κ2) is 7.43. The van der Waals surface area contributed by atoms with E-state index in [2.05, 4.69) is 22.0 Å². The molecule has 1 saturated heterocycles. The number of halogens is 1. The van der Waals surface area contributed by atoms with Crippen LogP contribution < -0.4 is 10.5 Å². The van der Waals surface area contributed by atoms with Crippen molar-refractivity contribution in [3.8, 4) is 0 Å². The van der Waals surface area contributed by atoms with Gasteiger partial charge in [-0.05, 0) is 32.3 Å². The lowest BCUT2D eigenvalue weighted by Crippen LogP contribution is -2.30. The Balaban J connectivity index is 1.69. The molecule has 0 radical (unpaired) electrons. The predicted molar refractivity (Wildman–Crippen MR) is 111 cm³/mol. The number of anilines is 1. The molecule has 0 saturated carbocycles. The molecule has 4 rings (SSSR count). The van der Waals surface area contributed by atoms with Gasteiger partial charge in [0.05, 0.1) is 30.2 Å². The summed E-state index contributed by atoms with van der Waals surface area (Å²) in [6.07, 6.45) is 3.78. The monoisotopic (exact) mass is 397 g/mol. The first-order valence-corrected chi connectivity index (χ1v) is 9.91. The van der Waals surface area contributed by atoms with Crippen molar-refractivity contribution in [1.29, 1.82) is 0 Å². The Labute approximate surface area is 169 Å². The molecular formula is C21H24ClN5O. The molecule has 6 nitrogen and oxygen atoms in total. The highest BCUT2D eigenvalue weighted by atomic mass is 35.5. The van der Waals surface area contributed by atoms with E-state index in [1.165, 1.54) is 10.2 Å². The van der Waals surface area contributed by atoms with Crippen molar-refractivity contribution in [2.75, 3.05) is 11.4 Å². The highest BCUT2D eigenvalue weighted by Gasteiger charge is 2.32. The van der Waals surface area contributed by atoms with Crippen LogP contribution in [0.2, 0.25) is 5.02 Å². The van der Waals surface area contributed by atoms with Gasteiger partial charge in [0.2, 0.25) is 0 Å². The van der Waals surface area contributed by atoms with Gasteiger partial charge >= 0.3 is 0 Å². The first-order valence-electron chi connectivity index (χ1n) is 9.53. The van der Waals surface area contributed by atoms with E-state index in [-0.39, 0.29) is 16.6 Å². The lowest BCUT2D eigenvalue weighted by molar-refractivity contribution is 0.632. The molecular weight excluding hydrogens is 374 g/mol. The fourth-order valence-corrected chi connectivity index (χ4v) is 4.41. The summed E-state index contributed by atoms with van der Waals surface area (Å²) in [5.74, 6) is 0. The normalized spacial score (nSPS) is 16.7. The topological polar surface area (TPSA) is 56.0 Å². The third-order valence-corrected chi connectivity index (χ3v) is 5.96. The van der Waals surface area contributed by atoms with E-state index >= 15 is 0 Å². The minimum absolute atomic E-state index is 0.164. The van der Waals surface area contributed by atoms with Crippen LogP contribution in [0.1, 0.15) is 41.4 Å². The van der Waals surface area contributed by atoms with E-state index in [1.54, 1.807) is 6.20 Å². The van der Waals surface area contributed by atoms with Crippen LogP contribution in [0.3, 0.4) is 0 Å². The van der Waals surface area contributed by atoms with Gasteiger partial charge in [0.1, 0.15) is 5.02 Å². The van der Waals surface area contributed by atoms with Crippen molar-refractivity contribution >= 4 is 17.3 Å². The van der Waals surface area contributed by atoms with Crippen molar-refractivity contribution in [2.24, 2.45) is 7.05 Å². The smallest absolute Gasteiger partial charge is 0.287 e. The molecule has 0 N–H and O–H groups in total. The molecule has 3 aromatic rings. The van der Waals surface area contributed by atoms with Gasteiger partial charge in [-0.25, -0.2) is 4.68 Å². The molecule has 1 fully saturated rings. The van der Waals surface area contributed by atoms with Crippen LogP contribution in [-0.2, 0) is 13.6 Å². The summed E-state index contributed by atoms with van der Waals surface area (Å²) < 4.78 is 3.34. The summed E-state index contributed by atoms with van der Waals surface area (Å²) in [7, 11) is 1.96. The molecule has 2 aromatic heterocycles. The minimum Gasteiger partial charge on any atom is -0.362 e. The highest BCUT2D eigenvalue weighted by molar-refractivity contribution is 6.33. The molecule has 0 spiro atoms. The van der Waals surface area contributed by atoms with E-state index in [4.69, 9.17) is 11.6 Å². The molecule has 1 aliphatic rings. The van der Waals surface area contributed by atoms with Gasteiger partial charge in [-0.15, -0.1) is 0 Å². The minimum atomic E-state index is -0.256. The quantitative estimate of drug-likeness (QED) is 0.674. The van der Waals surface area contributed by atoms with Gasteiger partial charge in [-0.3, -0.25) is 9.48 Å². The fraction of sp³-hybridized carbons (Fsp3) is 0.381. The Morgan fingerprint density at radius 3 is 2.64 bits per heavy atom. The number of nitrogens with zero attached hydrogens (tertiary/aromatic N) is 5. The second-order valence-electron chi connectivity index (χ2n) is 7.35. The van der Waals surface area contributed by atoms with E-state index < -0.39 is 0 Å². The molecule has 0 aliphatic carbocycles. The zero-order valence-electron chi connectivity index (χ0n) is 16.4. The molecule has 1 aliphatic heterocycles. The third-order valence-electron chi connectivity index (χ3n) is 5.60. The van der Waals surface area contributed by atoms with Crippen LogP contribution in [-0.4, -0.2) is 26.1 Å². The Bertz CT molecular complexity index is 1060. The second-order valence-corrected chi connectivity index (χ2v) is 7.73. The van der Waals surface area contributed by atoms with Gasteiger partial charge in [0, 0.05) is 24.8 Å². The van der Waals surface area contributed by atoms with Gasteiger partial charge in [-0.1, -0.05) is 41.9 Å². The van der Waals surface area contributed by atoms with E-state index in [1.807, 2.05) is 49.0 Å². The molecule has 1 aromatic carbocycles. The van der Waals surface area contributed by atoms with E-state index in [9.17, 15) is 4.79 Å². The number of hydrogen-bond acceptors (Lipinski definition) is 4. The Morgan fingerprint density at radius 1 is 1.21 bits per heavy atom. The predicted octanol–water partition coefficient (Wildman–Crippen LogP) is 3.64. The van der Waals surface area contributed by atoms with Crippen molar-refractivity contribution in [2.45, 2.75) is 39.3 Å². The number of hydrogen-bond donors (Lipinski definition) is 0. The molecule has 0 amide bonds. The maximum Gasteiger partial charge on any atom is 0.287 e. The zero-order valence-corrected chi connectivity index (χ0v) is 17.1. The summed E-state index contributed by atoms with van der Waals surface area (Å²) in [6, 6.07) is 9.96. The van der Waals surface area contributed by atoms with Crippen LogP contribution in [0.25, 0.3) is 0 Å². The Morgan fingerprint density at radius 2 is 1.96 bits per heavy atom. The third kappa shape index (κ3) is 3.22. The first kappa shape index (κ1) is 18.7. The van der Waals surface area contributed by atoms with Crippen LogP contribution in [0.15, 0.2) is 41.3 Å². The molecule has 28 heavy (non-hydrogen) atoms. The van der Waals surface area contributed by atoms with Crippen molar-refractivity contribution < 1.29 is 0 Å². The number of aromatic nitrogens is 4. The molecule has 7 heteroatoms. The van der Waals surface area contributed by atoms with Crippen LogP contribution in [0.5, 0.6) is 0 Å². The van der Waals surface area contributed by atoms with Crippen LogP contribution >= 0.6 is 11.6 Å². The lowest BCUT2D eigenvalue weighted by Gasteiger charge is -2.28. The summed E-state index contributed by atoms with van der Waals surface area (Å²) >= 11 is 6.55. The van der Waals surface area contributed by atoms with Crippen molar-refractivity contribution in [3.63, 3.8) is 0 Å². The van der Waals surface area contributed by atoms with Crippen LogP contribution in [0, 0.1) is 13.8 Å². The SMILES string of the molecule is Cc1nn(C)c(C)c1C1CCCN1c1cnn(Cc2ccccc2)c(=O)c1Cl. The highest BCUT2D eigenvalue weighted by Crippen LogP contribution is 2.40. The average molecular weight is 398 g/mol. The molecule has 1 atom stereocenters. The van der Waals surface area contributed by atoms with Gasteiger partial charge < -0.3 is 4.90 Å². The Kier molecular flexibility index (Phi) is 4.98. The van der Waals surface area contributed by atoms with Crippen molar-refractivity contribution in [3.05, 3.63) is 74.4 Å². The summed E-state index contributed by atoms with van der Waals surface area (Å²) in [5.41, 5.74) is 4.87. The maximum absolute atomic E-state index is 12.9. The van der Waals surface area contributed by atoms with Gasteiger partial charge in [-0.2, -0.15) is 10.2 Å². The number of benzene rings is 1. The summed E-state index contributed by atoms with van der Waals surface area (Å²) in [5, 5.41) is 9.21. The van der Waals surface area contributed by atoms with E-state index in [0.29, 0.717) is 12.2 Å². The largest absolute Gasteiger partial charge is 0.362 e. The molecule has 146 valence electrons. The van der Waals surface area contributed by atoms with Crippen LogP contribution in [0.4, 0.5) is 5.69 Å². The molecule has 1 unspecified atom stereocenters.